The van der Waals surface area contributed by atoms with E-state index in [1.54, 1.807) is 0 Å². The Hall–Kier alpha value is -0.710. The van der Waals surface area contributed by atoms with E-state index in [0.29, 0.717) is 25.4 Å². The van der Waals surface area contributed by atoms with Crippen LogP contribution in [0.25, 0.3) is 0 Å². The average Bonchev–Trinajstić information content (AvgIpc) is 3.06. The number of carbonyl (C=O) groups excluding carboxylic acids is 2. The van der Waals surface area contributed by atoms with Crippen LogP contribution < -0.4 is 10.6 Å². The smallest absolute Gasteiger partial charge is 0.233 e. The first-order valence-corrected chi connectivity index (χ1v) is 6.77. The standard InChI is InChI=1S/C12H22N2O2S/c1-8(2)11(17)12(16)13-7-3-4-10(15)14-9-5-6-9/h8-9,11,17H,3-7H2,1-2H3,(H,13,16)(H,14,15). The van der Waals surface area contributed by atoms with E-state index in [-0.39, 0.29) is 23.0 Å². The Morgan fingerprint density at radius 3 is 2.53 bits per heavy atom. The molecule has 17 heavy (non-hydrogen) atoms. The van der Waals surface area contributed by atoms with Crippen molar-refractivity contribution in [2.24, 2.45) is 5.92 Å². The summed E-state index contributed by atoms with van der Waals surface area (Å²) in [6, 6.07) is 0.417. The van der Waals surface area contributed by atoms with Crippen molar-refractivity contribution >= 4 is 24.4 Å². The van der Waals surface area contributed by atoms with Gasteiger partial charge in [0.15, 0.2) is 0 Å². The number of nitrogens with one attached hydrogen (secondary N) is 2. The van der Waals surface area contributed by atoms with Crippen molar-refractivity contribution < 1.29 is 9.59 Å². The van der Waals surface area contributed by atoms with Gasteiger partial charge in [0, 0.05) is 19.0 Å². The lowest BCUT2D eigenvalue weighted by Gasteiger charge is -2.14. The maximum Gasteiger partial charge on any atom is 0.233 e. The van der Waals surface area contributed by atoms with E-state index in [9.17, 15) is 9.59 Å². The number of hydrogen-bond donors (Lipinski definition) is 3. The second-order valence-corrected chi connectivity index (χ2v) is 5.48. The van der Waals surface area contributed by atoms with Crippen LogP contribution in [0, 0.1) is 5.92 Å². The molecule has 0 aromatic carbocycles. The van der Waals surface area contributed by atoms with Crippen molar-refractivity contribution in [1.29, 1.82) is 0 Å². The molecule has 1 saturated carbocycles. The summed E-state index contributed by atoms with van der Waals surface area (Å²) in [5.41, 5.74) is 0. The van der Waals surface area contributed by atoms with Crippen molar-refractivity contribution in [3.8, 4) is 0 Å². The monoisotopic (exact) mass is 258 g/mol. The van der Waals surface area contributed by atoms with Gasteiger partial charge in [-0.3, -0.25) is 9.59 Å². The summed E-state index contributed by atoms with van der Waals surface area (Å²) in [6.07, 6.45) is 3.38. The van der Waals surface area contributed by atoms with Crippen molar-refractivity contribution in [2.45, 2.75) is 50.8 Å². The highest BCUT2D eigenvalue weighted by molar-refractivity contribution is 7.81. The van der Waals surface area contributed by atoms with E-state index in [1.807, 2.05) is 13.8 Å². The minimum atomic E-state index is -0.268. The van der Waals surface area contributed by atoms with Crippen LogP contribution in [0.15, 0.2) is 0 Å². The Morgan fingerprint density at radius 1 is 1.35 bits per heavy atom. The fourth-order valence-corrected chi connectivity index (χ4v) is 1.49. The second kappa shape index (κ2) is 6.89. The third-order valence-corrected chi connectivity index (χ3v) is 3.55. The number of carbonyl (C=O) groups is 2. The zero-order valence-corrected chi connectivity index (χ0v) is 11.4. The molecule has 0 aromatic rings. The Labute approximate surface area is 108 Å². The fourth-order valence-electron chi connectivity index (χ4n) is 1.40. The molecule has 0 heterocycles. The van der Waals surface area contributed by atoms with Gasteiger partial charge in [-0.1, -0.05) is 13.8 Å². The van der Waals surface area contributed by atoms with Crippen molar-refractivity contribution in [3.05, 3.63) is 0 Å². The molecule has 98 valence electrons. The van der Waals surface area contributed by atoms with Crippen LogP contribution in [0.3, 0.4) is 0 Å². The Bertz CT molecular complexity index is 278. The lowest BCUT2D eigenvalue weighted by atomic mass is 10.1. The van der Waals surface area contributed by atoms with Crippen molar-refractivity contribution in [1.82, 2.24) is 10.6 Å². The lowest BCUT2D eigenvalue weighted by molar-refractivity contribution is -0.123. The molecule has 1 rings (SSSR count). The molecule has 0 bridgehead atoms. The predicted octanol–water partition coefficient (Wildman–Crippen LogP) is 1.12. The minimum absolute atomic E-state index is 0.0501. The molecule has 5 heteroatoms. The molecule has 0 aromatic heterocycles. The molecule has 0 spiro atoms. The molecule has 2 N–H and O–H groups in total. The summed E-state index contributed by atoms with van der Waals surface area (Å²) >= 11 is 4.22. The highest BCUT2D eigenvalue weighted by Crippen LogP contribution is 2.18. The number of rotatable bonds is 7. The molecule has 1 aliphatic carbocycles. The highest BCUT2D eigenvalue weighted by Gasteiger charge is 2.22. The second-order valence-electron chi connectivity index (χ2n) is 4.93. The summed E-state index contributed by atoms with van der Waals surface area (Å²) in [7, 11) is 0. The molecule has 0 aliphatic heterocycles. The Morgan fingerprint density at radius 2 is 2.00 bits per heavy atom. The average molecular weight is 258 g/mol. The van der Waals surface area contributed by atoms with Crippen LogP contribution in [-0.2, 0) is 9.59 Å². The van der Waals surface area contributed by atoms with Crippen LogP contribution >= 0.6 is 12.6 Å². The van der Waals surface area contributed by atoms with Crippen molar-refractivity contribution in [3.63, 3.8) is 0 Å². The van der Waals surface area contributed by atoms with Gasteiger partial charge in [0.2, 0.25) is 11.8 Å². The molecule has 1 atom stereocenters. The summed E-state index contributed by atoms with van der Waals surface area (Å²) in [4.78, 5) is 22.9. The summed E-state index contributed by atoms with van der Waals surface area (Å²) in [5, 5.41) is 5.44. The SMILES string of the molecule is CC(C)C(S)C(=O)NCCCC(=O)NC1CC1. The molecule has 1 fully saturated rings. The lowest BCUT2D eigenvalue weighted by Crippen LogP contribution is -2.35. The van der Waals surface area contributed by atoms with Gasteiger partial charge < -0.3 is 10.6 Å². The van der Waals surface area contributed by atoms with Crippen LogP contribution in [0.1, 0.15) is 39.5 Å². The minimum Gasteiger partial charge on any atom is -0.355 e. The zero-order chi connectivity index (χ0) is 12.8. The molecule has 1 aliphatic rings. The van der Waals surface area contributed by atoms with Gasteiger partial charge in [-0.15, -0.1) is 0 Å². The normalized spacial score (nSPS) is 16.7. The third kappa shape index (κ3) is 5.96. The van der Waals surface area contributed by atoms with Gasteiger partial charge in [0.05, 0.1) is 5.25 Å². The van der Waals surface area contributed by atoms with Gasteiger partial charge in [0.1, 0.15) is 0 Å². The zero-order valence-electron chi connectivity index (χ0n) is 10.5. The van der Waals surface area contributed by atoms with Gasteiger partial charge in [-0.05, 0) is 25.2 Å². The third-order valence-electron chi connectivity index (χ3n) is 2.72. The van der Waals surface area contributed by atoms with Crippen molar-refractivity contribution in [2.75, 3.05) is 6.54 Å². The quantitative estimate of drug-likeness (QED) is 0.473. The first kappa shape index (κ1) is 14.4. The summed E-state index contributed by atoms with van der Waals surface area (Å²) < 4.78 is 0. The highest BCUT2D eigenvalue weighted by atomic mass is 32.1. The van der Waals surface area contributed by atoms with Crippen LogP contribution in [-0.4, -0.2) is 29.7 Å². The Balaban J connectivity index is 2.02. The van der Waals surface area contributed by atoms with Gasteiger partial charge >= 0.3 is 0 Å². The van der Waals surface area contributed by atoms with Gasteiger partial charge in [-0.25, -0.2) is 0 Å². The van der Waals surface area contributed by atoms with E-state index in [0.717, 1.165) is 12.8 Å². The predicted molar refractivity (Wildman–Crippen MR) is 71.0 cm³/mol. The summed E-state index contributed by atoms with van der Waals surface area (Å²) in [5.74, 6) is 0.260. The summed E-state index contributed by atoms with van der Waals surface area (Å²) in [6.45, 7) is 4.46. The molecule has 0 radical (unpaired) electrons. The van der Waals surface area contributed by atoms with E-state index in [1.165, 1.54) is 0 Å². The molecule has 4 nitrogen and oxygen atoms in total. The van der Waals surface area contributed by atoms with Crippen LogP contribution in [0.5, 0.6) is 0 Å². The van der Waals surface area contributed by atoms with E-state index in [2.05, 4.69) is 23.3 Å². The van der Waals surface area contributed by atoms with E-state index in [4.69, 9.17) is 0 Å². The molecular weight excluding hydrogens is 236 g/mol. The first-order valence-electron chi connectivity index (χ1n) is 6.26. The molecule has 2 amide bonds. The topological polar surface area (TPSA) is 58.2 Å². The fraction of sp³-hybridized carbons (Fsp3) is 0.833. The van der Waals surface area contributed by atoms with E-state index < -0.39 is 0 Å². The number of amides is 2. The molecule has 0 saturated heterocycles. The van der Waals surface area contributed by atoms with Gasteiger partial charge in [0.25, 0.3) is 0 Å². The Kier molecular flexibility index (Phi) is 5.82. The maximum absolute atomic E-state index is 11.5. The maximum atomic E-state index is 11.5. The molecular formula is C12H22N2O2S. The number of hydrogen-bond acceptors (Lipinski definition) is 3. The first-order chi connectivity index (χ1) is 8.00. The van der Waals surface area contributed by atoms with Gasteiger partial charge in [-0.2, -0.15) is 12.6 Å². The largest absolute Gasteiger partial charge is 0.355 e. The van der Waals surface area contributed by atoms with Crippen LogP contribution in [0.2, 0.25) is 0 Å². The van der Waals surface area contributed by atoms with E-state index >= 15 is 0 Å². The number of thiol groups is 1. The van der Waals surface area contributed by atoms with Crippen LogP contribution in [0.4, 0.5) is 0 Å². The molecule has 1 unspecified atom stereocenters.